The zero-order chi connectivity index (χ0) is 20.3. The Balaban J connectivity index is 2.04. The van der Waals surface area contributed by atoms with Crippen LogP contribution >= 0.6 is 0 Å². The number of benzene rings is 1. The lowest BCUT2D eigenvalue weighted by molar-refractivity contribution is -0.136. The molecule has 1 heterocycles. The van der Waals surface area contributed by atoms with Crippen molar-refractivity contribution in [2.45, 2.75) is 60.4 Å². The molecule has 1 fully saturated rings. The van der Waals surface area contributed by atoms with Gasteiger partial charge in [0.25, 0.3) is 5.91 Å². The maximum Gasteiger partial charge on any atom is 0.339 e. The molecule has 0 saturated carbocycles. The molecule has 27 heavy (non-hydrogen) atoms. The lowest BCUT2D eigenvalue weighted by Crippen LogP contribution is -2.50. The standard InChI is InChI=1S/C21H30N2O4/c1-12-13(2)15(4)20(16(5)14(12)3)21(26)27-11-19(25)23-9-7-8-18(10-23)22-17(6)24/h18H,7-11H2,1-6H3,(H,22,24). The molecule has 1 unspecified atom stereocenters. The number of hydrogen-bond acceptors (Lipinski definition) is 4. The van der Waals surface area contributed by atoms with Crippen LogP contribution in [0.1, 0.15) is 57.9 Å². The second kappa shape index (κ2) is 8.55. The van der Waals surface area contributed by atoms with Crippen molar-refractivity contribution in [3.8, 4) is 0 Å². The molecule has 1 aromatic rings. The molecule has 0 aliphatic carbocycles. The number of piperidine rings is 1. The van der Waals surface area contributed by atoms with Crippen LogP contribution in [0.25, 0.3) is 0 Å². The van der Waals surface area contributed by atoms with Crippen LogP contribution in [0.3, 0.4) is 0 Å². The third kappa shape index (κ3) is 4.67. The van der Waals surface area contributed by atoms with Crippen molar-refractivity contribution in [2.24, 2.45) is 0 Å². The van der Waals surface area contributed by atoms with E-state index < -0.39 is 5.97 Å². The van der Waals surface area contributed by atoms with Crippen LogP contribution in [0.15, 0.2) is 0 Å². The van der Waals surface area contributed by atoms with E-state index in [2.05, 4.69) is 5.32 Å². The Bertz CT molecular complexity index is 741. The Labute approximate surface area is 161 Å². The molecule has 1 saturated heterocycles. The Kier molecular flexibility index (Phi) is 6.63. The molecule has 0 radical (unpaired) electrons. The van der Waals surface area contributed by atoms with Crippen molar-refractivity contribution in [1.29, 1.82) is 0 Å². The minimum absolute atomic E-state index is 0.0391. The predicted octanol–water partition coefficient (Wildman–Crippen LogP) is 2.51. The first-order valence-electron chi connectivity index (χ1n) is 9.42. The number of amides is 2. The van der Waals surface area contributed by atoms with Gasteiger partial charge < -0.3 is 15.0 Å². The second-order valence-electron chi connectivity index (χ2n) is 7.46. The zero-order valence-electron chi connectivity index (χ0n) is 17.2. The molecule has 1 atom stereocenters. The molecule has 6 nitrogen and oxygen atoms in total. The largest absolute Gasteiger partial charge is 0.452 e. The van der Waals surface area contributed by atoms with Crippen molar-refractivity contribution in [1.82, 2.24) is 10.2 Å². The van der Waals surface area contributed by atoms with Crippen LogP contribution in [0, 0.1) is 34.6 Å². The van der Waals surface area contributed by atoms with Gasteiger partial charge in [-0.05, 0) is 75.3 Å². The fourth-order valence-electron chi connectivity index (χ4n) is 3.71. The lowest BCUT2D eigenvalue weighted by Gasteiger charge is -2.32. The number of esters is 1. The normalized spacial score (nSPS) is 16.8. The highest BCUT2D eigenvalue weighted by atomic mass is 16.5. The molecule has 0 spiro atoms. The van der Waals surface area contributed by atoms with E-state index in [1.165, 1.54) is 12.5 Å². The van der Waals surface area contributed by atoms with Gasteiger partial charge in [0.2, 0.25) is 5.91 Å². The number of hydrogen-bond donors (Lipinski definition) is 1. The highest BCUT2D eigenvalue weighted by Gasteiger charge is 2.26. The van der Waals surface area contributed by atoms with Gasteiger partial charge in [0.05, 0.1) is 5.56 Å². The number of likely N-dealkylation sites (tertiary alicyclic amines) is 1. The Hall–Kier alpha value is -2.37. The van der Waals surface area contributed by atoms with Gasteiger partial charge in [-0.25, -0.2) is 4.79 Å². The number of nitrogens with zero attached hydrogens (tertiary/aromatic N) is 1. The van der Waals surface area contributed by atoms with E-state index in [1.807, 2.05) is 34.6 Å². The average Bonchev–Trinajstić information content (AvgIpc) is 2.62. The minimum Gasteiger partial charge on any atom is -0.452 e. The van der Waals surface area contributed by atoms with Gasteiger partial charge in [-0.3, -0.25) is 9.59 Å². The maximum absolute atomic E-state index is 12.6. The van der Waals surface area contributed by atoms with Gasteiger partial charge in [0.15, 0.2) is 6.61 Å². The van der Waals surface area contributed by atoms with E-state index in [9.17, 15) is 14.4 Å². The molecule has 0 bridgehead atoms. The fraction of sp³-hybridized carbons (Fsp3) is 0.571. The average molecular weight is 374 g/mol. The van der Waals surface area contributed by atoms with Crippen LogP contribution in [0.4, 0.5) is 0 Å². The van der Waals surface area contributed by atoms with Gasteiger partial charge in [0.1, 0.15) is 0 Å². The molecule has 1 aliphatic heterocycles. The first kappa shape index (κ1) is 20.9. The highest BCUT2D eigenvalue weighted by Crippen LogP contribution is 2.26. The molecule has 2 amide bonds. The summed E-state index contributed by atoms with van der Waals surface area (Å²) >= 11 is 0. The number of ether oxygens (including phenoxy) is 1. The van der Waals surface area contributed by atoms with Crippen LogP contribution < -0.4 is 5.32 Å². The Morgan fingerprint density at radius 3 is 2.11 bits per heavy atom. The van der Waals surface area contributed by atoms with E-state index in [0.29, 0.717) is 18.7 Å². The van der Waals surface area contributed by atoms with Gasteiger partial charge >= 0.3 is 5.97 Å². The zero-order valence-corrected chi connectivity index (χ0v) is 17.2. The van der Waals surface area contributed by atoms with E-state index >= 15 is 0 Å². The molecule has 1 N–H and O–H groups in total. The quantitative estimate of drug-likeness (QED) is 0.822. The second-order valence-corrected chi connectivity index (χ2v) is 7.46. The Morgan fingerprint density at radius 2 is 1.56 bits per heavy atom. The summed E-state index contributed by atoms with van der Waals surface area (Å²) < 4.78 is 5.35. The van der Waals surface area contributed by atoms with Gasteiger partial charge in [-0.15, -0.1) is 0 Å². The summed E-state index contributed by atoms with van der Waals surface area (Å²) in [5.74, 6) is -0.786. The molecule has 6 heteroatoms. The molecular weight excluding hydrogens is 344 g/mol. The molecule has 148 valence electrons. The molecule has 2 rings (SSSR count). The first-order chi connectivity index (χ1) is 12.6. The monoisotopic (exact) mass is 374 g/mol. The summed E-state index contributed by atoms with van der Waals surface area (Å²) in [5, 5.41) is 2.85. The van der Waals surface area contributed by atoms with Crippen molar-refractivity contribution in [3.63, 3.8) is 0 Å². The first-order valence-corrected chi connectivity index (χ1v) is 9.42. The van der Waals surface area contributed by atoms with Gasteiger partial charge in [0, 0.05) is 26.1 Å². The van der Waals surface area contributed by atoms with Gasteiger partial charge in [-0.2, -0.15) is 0 Å². The Morgan fingerprint density at radius 1 is 1.00 bits per heavy atom. The third-order valence-corrected chi connectivity index (χ3v) is 5.71. The molecule has 1 aliphatic rings. The third-order valence-electron chi connectivity index (χ3n) is 5.71. The van der Waals surface area contributed by atoms with E-state index in [1.54, 1.807) is 4.90 Å². The number of carbonyl (C=O) groups is 3. The summed E-state index contributed by atoms with van der Waals surface area (Å²) in [6, 6.07) is -0.0391. The van der Waals surface area contributed by atoms with Crippen molar-refractivity contribution >= 4 is 17.8 Å². The number of nitrogens with one attached hydrogen (secondary N) is 1. The highest BCUT2D eigenvalue weighted by molar-refractivity contribution is 5.95. The SMILES string of the molecule is CC(=O)NC1CCCN(C(=O)COC(=O)c2c(C)c(C)c(C)c(C)c2C)C1. The lowest BCUT2D eigenvalue weighted by atomic mass is 9.90. The summed E-state index contributed by atoms with van der Waals surface area (Å²) in [5.41, 5.74) is 5.68. The molecule has 1 aromatic carbocycles. The fourth-order valence-corrected chi connectivity index (χ4v) is 3.71. The predicted molar refractivity (Wildman–Crippen MR) is 104 cm³/mol. The number of carbonyl (C=O) groups excluding carboxylic acids is 3. The van der Waals surface area contributed by atoms with E-state index in [4.69, 9.17) is 4.74 Å². The summed E-state index contributed by atoms with van der Waals surface area (Å²) in [7, 11) is 0. The summed E-state index contributed by atoms with van der Waals surface area (Å²) in [6.07, 6.45) is 1.67. The minimum atomic E-state index is -0.458. The van der Waals surface area contributed by atoms with Crippen molar-refractivity contribution < 1.29 is 19.1 Å². The van der Waals surface area contributed by atoms with E-state index in [-0.39, 0.29) is 24.5 Å². The molecule has 0 aromatic heterocycles. The topological polar surface area (TPSA) is 75.7 Å². The van der Waals surface area contributed by atoms with E-state index in [0.717, 1.165) is 35.1 Å². The smallest absolute Gasteiger partial charge is 0.339 e. The van der Waals surface area contributed by atoms with Crippen molar-refractivity contribution in [2.75, 3.05) is 19.7 Å². The number of rotatable bonds is 4. The van der Waals surface area contributed by atoms with Crippen LogP contribution in [0.2, 0.25) is 0 Å². The summed E-state index contributed by atoms with van der Waals surface area (Å²) in [4.78, 5) is 38.0. The van der Waals surface area contributed by atoms with Gasteiger partial charge in [-0.1, -0.05) is 0 Å². The van der Waals surface area contributed by atoms with Crippen molar-refractivity contribution in [3.05, 3.63) is 33.4 Å². The summed E-state index contributed by atoms with van der Waals surface area (Å²) in [6.45, 7) is 12.1. The van der Waals surface area contributed by atoms with Crippen LogP contribution in [0.5, 0.6) is 0 Å². The van der Waals surface area contributed by atoms with Crippen LogP contribution in [-0.4, -0.2) is 48.4 Å². The van der Waals surface area contributed by atoms with Crippen LogP contribution in [-0.2, 0) is 14.3 Å². The maximum atomic E-state index is 12.6. The molecular formula is C21H30N2O4.